The molecule has 4 nitrogen and oxygen atoms in total. The van der Waals surface area contributed by atoms with E-state index in [2.05, 4.69) is 36.6 Å². The molecule has 1 N–H and O–H groups in total. The number of hydrogen-bond donors (Lipinski definition) is 1. The van der Waals surface area contributed by atoms with Gasteiger partial charge in [0.2, 0.25) is 0 Å². The summed E-state index contributed by atoms with van der Waals surface area (Å²) in [6.45, 7) is 1.87. The Morgan fingerprint density at radius 2 is 2.00 bits per heavy atom. The zero-order valence-corrected chi connectivity index (χ0v) is 9.51. The molecule has 12 heavy (non-hydrogen) atoms. The van der Waals surface area contributed by atoms with Gasteiger partial charge in [-0.1, -0.05) is 31.9 Å². The lowest BCUT2D eigenvalue weighted by atomic mass is 10.3. The first kappa shape index (κ1) is 11.9. The standard InChI is InChI=1S/C6H8Br2O4/c1-2-12-5(11)6(7,8)3-4(9)10/h2-3H2,1H3,(H,9,10). The summed E-state index contributed by atoms with van der Waals surface area (Å²) in [5, 5.41) is 8.40. The summed E-state index contributed by atoms with van der Waals surface area (Å²) in [6.07, 6.45) is -0.369. The Kier molecular flexibility index (Phi) is 4.77. The van der Waals surface area contributed by atoms with Crippen LogP contribution in [0, 0.1) is 0 Å². The molecular formula is C6H8Br2O4. The van der Waals surface area contributed by atoms with Crippen molar-refractivity contribution in [3.05, 3.63) is 0 Å². The van der Waals surface area contributed by atoms with Gasteiger partial charge in [0, 0.05) is 0 Å². The number of halogens is 2. The number of esters is 1. The van der Waals surface area contributed by atoms with Crippen molar-refractivity contribution in [1.29, 1.82) is 0 Å². The maximum absolute atomic E-state index is 11.0. The first-order chi connectivity index (χ1) is 5.40. The van der Waals surface area contributed by atoms with Crippen LogP contribution in [0.2, 0.25) is 0 Å². The van der Waals surface area contributed by atoms with Crippen molar-refractivity contribution in [2.45, 2.75) is 16.6 Å². The monoisotopic (exact) mass is 302 g/mol. The molecule has 0 rings (SSSR count). The third-order valence-corrected chi connectivity index (χ3v) is 2.16. The maximum Gasteiger partial charge on any atom is 0.334 e. The fourth-order valence-electron chi connectivity index (χ4n) is 0.499. The zero-order chi connectivity index (χ0) is 9.78. The largest absolute Gasteiger partial charge is 0.481 e. The molecule has 0 aliphatic carbocycles. The van der Waals surface area contributed by atoms with Gasteiger partial charge in [-0.25, -0.2) is 4.79 Å². The number of hydrogen-bond acceptors (Lipinski definition) is 3. The summed E-state index contributed by atoms with van der Waals surface area (Å²) < 4.78 is 3.31. The van der Waals surface area contributed by atoms with Crippen molar-refractivity contribution in [2.75, 3.05) is 6.61 Å². The molecule has 0 radical (unpaired) electrons. The van der Waals surface area contributed by atoms with Crippen LogP contribution in [-0.4, -0.2) is 26.9 Å². The van der Waals surface area contributed by atoms with Gasteiger partial charge in [-0.05, 0) is 6.92 Å². The van der Waals surface area contributed by atoms with Crippen molar-refractivity contribution in [3.63, 3.8) is 0 Å². The van der Waals surface area contributed by atoms with E-state index >= 15 is 0 Å². The molecule has 0 heterocycles. The summed E-state index contributed by atoms with van der Waals surface area (Å²) in [6, 6.07) is 0. The summed E-state index contributed by atoms with van der Waals surface area (Å²) in [7, 11) is 0. The molecule has 0 spiro atoms. The topological polar surface area (TPSA) is 63.6 Å². The van der Waals surface area contributed by atoms with Gasteiger partial charge in [0.05, 0.1) is 13.0 Å². The fraction of sp³-hybridized carbons (Fsp3) is 0.667. The molecule has 0 aliphatic rings. The zero-order valence-electron chi connectivity index (χ0n) is 6.34. The second kappa shape index (κ2) is 4.81. The Morgan fingerprint density at radius 1 is 1.50 bits per heavy atom. The first-order valence-electron chi connectivity index (χ1n) is 3.17. The van der Waals surface area contributed by atoms with Gasteiger partial charge in [-0.2, -0.15) is 0 Å². The van der Waals surface area contributed by atoms with Crippen LogP contribution in [-0.2, 0) is 14.3 Å². The van der Waals surface area contributed by atoms with E-state index < -0.39 is 15.2 Å². The Balaban J connectivity index is 4.18. The van der Waals surface area contributed by atoms with Crippen molar-refractivity contribution in [1.82, 2.24) is 0 Å². The average Bonchev–Trinajstić information content (AvgIpc) is 1.85. The lowest BCUT2D eigenvalue weighted by molar-refractivity contribution is -0.147. The maximum atomic E-state index is 11.0. The predicted molar refractivity (Wildman–Crippen MR) is 49.5 cm³/mol. The molecule has 0 aliphatic heterocycles. The highest BCUT2D eigenvalue weighted by Crippen LogP contribution is 2.31. The van der Waals surface area contributed by atoms with Crippen molar-refractivity contribution < 1.29 is 19.4 Å². The van der Waals surface area contributed by atoms with Crippen LogP contribution in [0.15, 0.2) is 0 Å². The molecule has 70 valence electrons. The fourth-order valence-corrected chi connectivity index (χ4v) is 1.21. The lowest BCUT2D eigenvalue weighted by Crippen LogP contribution is -2.29. The van der Waals surface area contributed by atoms with Crippen LogP contribution in [0.25, 0.3) is 0 Å². The number of alkyl halides is 2. The van der Waals surface area contributed by atoms with Gasteiger partial charge in [-0.15, -0.1) is 0 Å². The van der Waals surface area contributed by atoms with Crippen LogP contribution in [0.5, 0.6) is 0 Å². The van der Waals surface area contributed by atoms with Crippen LogP contribution < -0.4 is 0 Å². The number of carboxylic acids is 1. The van der Waals surface area contributed by atoms with Crippen molar-refractivity contribution in [2.24, 2.45) is 0 Å². The van der Waals surface area contributed by atoms with E-state index in [0.29, 0.717) is 0 Å². The number of carbonyl (C=O) groups is 2. The summed E-state index contributed by atoms with van der Waals surface area (Å²) in [5.41, 5.74) is 0. The molecule has 0 amide bonds. The molecular weight excluding hydrogens is 296 g/mol. The molecule has 0 saturated carbocycles. The van der Waals surface area contributed by atoms with Gasteiger partial charge >= 0.3 is 11.9 Å². The summed E-state index contributed by atoms with van der Waals surface area (Å²) in [4.78, 5) is 21.3. The minimum atomic E-state index is -1.30. The minimum absolute atomic E-state index is 0.220. The number of rotatable bonds is 4. The average molecular weight is 304 g/mol. The van der Waals surface area contributed by atoms with E-state index in [4.69, 9.17) is 5.11 Å². The first-order valence-corrected chi connectivity index (χ1v) is 4.75. The summed E-state index contributed by atoms with van der Waals surface area (Å²) in [5.74, 6) is -1.72. The molecule has 0 saturated heterocycles. The van der Waals surface area contributed by atoms with Crippen LogP contribution in [0.3, 0.4) is 0 Å². The normalized spacial score (nSPS) is 10.9. The summed E-state index contributed by atoms with van der Waals surface area (Å²) >= 11 is 5.82. The Bertz CT molecular complexity index is 190. The second-order valence-corrected chi connectivity index (χ2v) is 5.77. The van der Waals surface area contributed by atoms with Gasteiger partial charge in [0.25, 0.3) is 0 Å². The minimum Gasteiger partial charge on any atom is -0.481 e. The molecule has 0 unspecified atom stereocenters. The van der Waals surface area contributed by atoms with Crippen molar-refractivity contribution >= 4 is 43.8 Å². The Morgan fingerprint density at radius 3 is 2.33 bits per heavy atom. The molecule has 0 aromatic heterocycles. The molecule has 0 atom stereocenters. The quantitative estimate of drug-likeness (QED) is 0.631. The van der Waals surface area contributed by atoms with Gasteiger partial charge in [0.15, 0.2) is 3.23 Å². The third-order valence-electron chi connectivity index (χ3n) is 0.947. The lowest BCUT2D eigenvalue weighted by Gasteiger charge is -2.15. The van der Waals surface area contributed by atoms with E-state index in [9.17, 15) is 9.59 Å². The molecule has 6 heteroatoms. The van der Waals surface area contributed by atoms with Gasteiger partial charge in [-0.3, -0.25) is 4.79 Å². The smallest absolute Gasteiger partial charge is 0.334 e. The highest BCUT2D eigenvalue weighted by atomic mass is 79.9. The Labute approximate surface area is 86.5 Å². The number of carboxylic acid groups (broad SMARTS) is 1. The van der Waals surface area contributed by atoms with E-state index in [1.54, 1.807) is 6.92 Å². The second-order valence-electron chi connectivity index (χ2n) is 2.00. The van der Waals surface area contributed by atoms with E-state index in [0.717, 1.165) is 0 Å². The van der Waals surface area contributed by atoms with E-state index in [1.165, 1.54) is 0 Å². The van der Waals surface area contributed by atoms with E-state index in [1.807, 2.05) is 0 Å². The highest BCUT2D eigenvalue weighted by molar-refractivity contribution is 9.25. The molecule has 0 aromatic carbocycles. The number of carbonyl (C=O) groups excluding carboxylic acids is 1. The van der Waals surface area contributed by atoms with Gasteiger partial charge in [0.1, 0.15) is 0 Å². The third kappa shape index (κ3) is 4.06. The van der Waals surface area contributed by atoms with Crippen LogP contribution >= 0.6 is 31.9 Å². The SMILES string of the molecule is CCOC(=O)C(Br)(Br)CC(=O)O. The molecule has 0 fully saturated rings. The molecule has 0 aromatic rings. The number of ether oxygens (including phenoxy) is 1. The predicted octanol–water partition coefficient (Wildman–Crippen LogP) is 1.51. The van der Waals surface area contributed by atoms with Crippen molar-refractivity contribution in [3.8, 4) is 0 Å². The van der Waals surface area contributed by atoms with Crippen LogP contribution in [0.1, 0.15) is 13.3 Å². The highest BCUT2D eigenvalue weighted by Gasteiger charge is 2.36. The van der Waals surface area contributed by atoms with Crippen LogP contribution in [0.4, 0.5) is 0 Å². The Hall–Kier alpha value is -0.100. The van der Waals surface area contributed by atoms with E-state index in [-0.39, 0.29) is 13.0 Å². The molecule has 0 bridgehead atoms. The van der Waals surface area contributed by atoms with Gasteiger partial charge < -0.3 is 9.84 Å². The number of aliphatic carboxylic acids is 1.